The fourth-order valence-electron chi connectivity index (χ4n) is 1.46. The zero-order valence-corrected chi connectivity index (χ0v) is 10.1. The molecule has 1 amide bonds. The van der Waals surface area contributed by atoms with Crippen molar-refractivity contribution in [2.24, 2.45) is 7.05 Å². The van der Waals surface area contributed by atoms with Crippen LogP contribution in [0.4, 0.5) is 0 Å². The Morgan fingerprint density at radius 3 is 3.00 bits per heavy atom. The van der Waals surface area contributed by atoms with Crippen LogP contribution in [-0.4, -0.2) is 15.5 Å². The van der Waals surface area contributed by atoms with Crippen LogP contribution in [0.25, 0.3) is 0 Å². The van der Waals surface area contributed by atoms with Crippen molar-refractivity contribution >= 4 is 17.5 Å². The number of nitrogens with one attached hydrogen (secondary N) is 1. The summed E-state index contributed by atoms with van der Waals surface area (Å²) in [4.78, 5) is 15.9. The van der Waals surface area contributed by atoms with Crippen LogP contribution < -0.4 is 5.32 Å². The van der Waals surface area contributed by atoms with E-state index in [2.05, 4.69) is 10.3 Å². The first-order chi connectivity index (χ1) is 8.16. The van der Waals surface area contributed by atoms with Gasteiger partial charge in [0.1, 0.15) is 5.82 Å². The number of halogens is 1. The van der Waals surface area contributed by atoms with Crippen LogP contribution in [-0.2, 0) is 13.6 Å². The van der Waals surface area contributed by atoms with E-state index < -0.39 is 0 Å². The quantitative estimate of drug-likeness (QED) is 0.905. The largest absolute Gasteiger partial charge is 0.345 e. The highest BCUT2D eigenvalue weighted by molar-refractivity contribution is 6.30. The number of amides is 1. The first-order valence-electron chi connectivity index (χ1n) is 5.17. The van der Waals surface area contributed by atoms with Crippen LogP contribution in [0.3, 0.4) is 0 Å². The molecule has 1 aromatic heterocycles. The number of hydrogen-bond acceptors (Lipinski definition) is 2. The number of carbonyl (C=O) groups is 1. The number of imidazole rings is 1. The van der Waals surface area contributed by atoms with E-state index in [4.69, 9.17) is 11.6 Å². The van der Waals surface area contributed by atoms with E-state index in [1.807, 2.05) is 17.8 Å². The Labute approximate surface area is 104 Å². The third kappa shape index (κ3) is 2.85. The molecule has 5 heteroatoms. The lowest BCUT2D eigenvalue weighted by Gasteiger charge is -2.05. The predicted molar refractivity (Wildman–Crippen MR) is 65.8 cm³/mol. The van der Waals surface area contributed by atoms with E-state index in [9.17, 15) is 4.79 Å². The van der Waals surface area contributed by atoms with Crippen LogP contribution in [0, 0.1) is 0 Å². The van der Waals surface area contributed by atoms with Gasteiger partial charge < -0.3 is 9.88 Å². The Bertz CT molecular complexity index is 536. The second-order valence-corrected chi connectivity index (χ2v) is 4.08. The highest BCUT2D eigenvalue weighted by Gasteiger charge is 2.06. The van der Waals surface area contributed by atoms with Gasteiger partial charge in [0.2, 0.25) is 0 Å². The molecule has 0 aliphatic heterocycles. The predicted octanol–water partition coefficient (Wildman–Crippen LogP) is 2.00. The van der Waals surface area contributed by atoms with Crippen LogP contribution in [0.5, 0.6) is 0 Å². The third-order valence-electron chi connectivity index (χ3n) is 2.41. The summed E-state index contributed by atoms with van der Waals surface area (Å²) in [5, 5.41) is 3.34. The topological polar surface area (TPSA) is 46.9 Å². The van der Waals surface area contributed by atoms with Crippen molar-refractivity contribution in [1.29, 1.82) is 0 Å². The van der Waals surface area contributed by atoms with Gasteiger partial charge in [0.25, 0.3) is 5.91 Å². The molecule has 0 unspecified atom stereocenters. The van der Waals surface area contributed by atoms with Gasteiger partial charge in [-0.3, -0.25) is 4.79 Å². The lowest BCUT2D eigenvalue weighted by atomic mass is 10.2. The van der Waals surface area contributed by atoms with E-state index in [0.29, 0.717) is 17.1 Å². The minimum atomic E-state index is -0.157. The lowest BCUT2D eigenvalue weighted by Crippen LogP contribution is -2.24. The van der Waals surface area contributed by atoms with Gasteiger partial charge in [-0.2, -0.15) is 0 Å². The number of benzene rings is 1. The maximum atomic E-state index is 11.8. The SMILES string of the molecule is Cn1ccnc1CNC(=O)c1cccc(Cl)c1. The fraction of sp³-hybridized carbons (Fsp3) is 0.167. The van der Waals surface area contributed by atoms with Crippen LogP contribution in [0.2, 0.25) is 5.02 Å². The van der Waals surface area contributed by atoms with Gasteiger partial charge in [-0.25, -0.2) is 4.98 Å². The molecule has 0 aliphatic rings. The molecule has 0 radical (unpaired) electrons. The highest BCUT2D eigenvalue weighted by Crippen LogP contribution is 2.10. The Balaban J connectivity index is 2.01. The normalized spacial score (nSPS) is 10.2. The molecule has 1 aromatic carbocycles. The molecular formula is C12H12ClN3O. The Kier molecular flexibility index (Phi) is 3.44. The van der Waals surface area contributed by atoms with Crippen molar-refractivity contribution in [1.82, 2.24) is 14.9 Å². The number of carbonyl (C=O) groups excluding carboxylic acids is 1. The summed E-state index contributed by atoms with van der Waals surface area (Å²) in [6.07, 6.45) is 3.53. The van der Waals surface area contributed by atoms with Crippen LogP contribution >= 0.6 is 11.6 Å². The van der Waals surface area contributed by atoms with Gasteiger partial charge in [0.15, 0.2) is 0 Å². The standard InChI is InChI=1S/C12H12ClN3O/c1-16-6-5-14-11(16)8-15-12(17)9-3-2-4-10(13)7-9/h2-7H,8H2,1H3,(H,15,17). The average molecular weight is 250 g/mol. The van der Waals surface area contributed by atoms with Gasteiger partial charge in [-0.05, 0) is 18.2 Å². The van der Waals surface area contributed by atoms with Crippen LogP contribution in [0.15, 0.2) is 36.7 Å². The van der Waals surface area contributed by atoms with Crippen molar-refractivity contribution in [2.75, 3.05) is 0 Å². The fourth-order valence-corrected chi connectivity index (χ4v) is 1.65. The first kappa shape index (κ1) is 11.7. The third-order valence-corrected chi connectivity index (χ3v) is 2.65. The van der Waals surface area contributed by atoms with E-state index in [1.165, 1.54) is 0 Å². The summed E-state index contributed by atoms with van der Waals surface area (Å²) < 4.78 is 1.86. The molecule has 0 spiro atoms. The molecule has 88 valence electrons. The average Bonchev–Trinajstić information content (AvgIpc) is 2.72. The minimum Gasteiger partial charge on any atom is -0.345 e. The minimum absolute atomic E-state index is 0.157. The summed E-state index contributed by atoms with van der Waals surface area (Å²) in [6.45, 7) is 0.398. The summed E-state index contributed by atoms with van der Waals surface area (Å²) in [5.74, 6) is 0.649. The van der Waals surface area contributed by atoms with Gasteiger partial charge in [0.05, 0.1) is 6.54 Å². The number of nitrogens with zero attached hydrogens (tertiary/aromatic N) is 2. The molecule has 0 aliphatic carbocycles. The highest BCUT2D eigenvalue weighted by atomic mass is 35.5. The van der Waals surface area contributed by atoms with E-state index in [1.54, 1.807) is 30.5 Å². The zero-order valence-electron chi connectivity index (χ0n) is 9.35. The van der Waals surface area contributed by atoms with Gasteiger partial charge in [-0.15, -0.1) is 0 Å². The molecule has 1 heterocycles. The Morgan fingerprint density at radius 2 is 2.35 bits per heavy atom. The molecule has 0 atom stereocenters. The monoisotopic (exact) mass is 249 g/mol. The van der Waals surface area contributed by atoms with Crippen LogP contribution in [0.1, 0.15) is 16.2 Å². The molecular weight excluding hydrogens is 238 g/mol. The van der Waals surface area contributed by atoms with Gasteiger partial charge in [0, 0.05) is 30.0 Å². The van der Waals surface area contributed by atoms with E-state index >= 15 is 0 Å². The summed E-state index contributed by atoms with van der Waals surface area (Å²) >= 11 is 5.82. The first-order valence-corrected chi connectivity index (χ1v) is 5.54. The second kappa shape index (κ2) is 5.01. The lowest BCUT2D eigenvalue weighted by molar-refractivity contribution is 0.0949. The molecule has 4 nitrogen and oxygen atoms in total. The summed E-state index contributed by atoms with van der Waals surface area (Å²) in [7, 11) is 1.88. The smallest absolute Gasteiger partial charge is 0.251 e. The molecule has 17 heavy (non-hydrogen) atoms. The van der Waals surface area contributed by atoms with Gasteiger partial charge in [-0.1, -0.05) is 17.7 Å². The Hall–Kier alpha value is -1.81. The molecule has 0 saturated heterocycles. The molecule has 0 saturated carbocycles. The number of hydrogen-bond donors (Lipinski definition) is 1. The number of aryl methyl sites for hydroxylation is 1. The van der Waals surface area contributed by atoms with Crippen molar-refractivity contribution in [3.05, 3.63) is 53.1 Å². The molecule has 0 bridgehead atoms. The molecule has 1 N–H and O–H groups in total. The van der Waals surface area contributed by atoms with E-state index in [-0.39, 0.29) is 5.91 Å². The Morgan fingerprint density at radius 1 is 1.53 bits per heavy atom. The summed E-state index contributed by atoms with van der Waals surface area (Å²) in [5.41, 5.74) is 0.548. The molecule has 2 aromatic rings. The maximum absolute atomic E-state index is 11.8. The van der Waals surface area contributed by atoms with Crippen molar-refractivity contribution < 1.29 is 4.79 Å². The number of rotatable bonds is 3. The van der Waals surface area contributed by atoms with Crippen molar-refractivity contribution in [2.45, 2.75) is 6.54 Å². The van der Waals surface area contributed by atoms with E-state index in [0.717, 1.165) is 5.82 Å². The van der Waals surface area contributed by atoms with Gasteiger partial charge >= 0.3 is 0 Å². The summed E-state index contributed by atoms with van der Waals surface area (Å²) in [6, 6.07) is 6.84. The maximum Gasteiger partial charge on any atom is 0.251 e. The zero-order chi connectivity index (χ0) is 12.3. The number of aromatic nitrogens is 2. The van der Waals surface area contributed by atoms with Crippen molar-refractivity contribution in [3.63, 3.8) is 0 Å². The van der Waals surface area contributed by atoms with Crippen molar-refractivity contribution in [3.8, 4) is 0 Å². The molecule has 0 fully saturated rings. The molecule has 2 rings (SSSR count). The second-order valence-electron chi connectivity index (χ2n) is 3.65.